The summed E-state index contributed by atoms with van der Waals surface area (Å²) in [5, 5.41) is 4.21. The molecular formula is C23H22ClN3O3. The molecule has 7 heteroatoms. The molecule has 2 heterocycles. The van der Waals surface area contributed by atoms with E-state index in [1.54, 1.807) is 12.3 Å². The maximum Gasteiger partial charge on any atom is 0.340 e. The molecule has 0 spiro atoms. The monoisotopic (exact) mass is 423 g/mol. The van der Waals surface area contributed by atoms with Gasteiger partial charge in [-0.05, 0) is 31.0 Å². The smallest absolute Gasteiger partial charge is 0.340 e. The summed E-state index contributed by atoms with van der Waals surface area (Å²) in [6.07, 6.45) is 7.09. The van der Waals surface area contributed by atoms with E-state index in [4.69, 9.17) is 16.3 Å². The third-order valence-corrected chi connectivity index (χ3v) is 5.55. The van der Waals surface area contributed by atoms with Crippen LogP contribution in [0.4, 0.5) is 0 Å². The maximum atomic E-state index is 13.2. The van der Waals surface area contributed by atoms with Crippen LogP contribution in [0.1, 0.15) is 54.1 Å². The van der Waals surface area contributed by atoms with Crippen molar-refractivity contribution >= 4 is 34.4 Å². The molecule has 1 aliphatic rings. The van der Waals surface area contributed by atoms with Crippen LogP contribution in [0.25, 0.3) is 10.9 Å². The van der Waals surface area contributed by atoms with E-state index in [0.717, 1.165) is 31.1 Å². The Hall–Kier alpha value is -2.99. The number of hydrogen-bond acceptors (Lipinski definition) is 5. The third kappa shape index (κ3) is 4.60. The zero-order valence-electron chi connectivity index (χ0n) is 16.4. The number of ether oxygens (including phenoxy) is 1. The van der Waals surface area contributed by atoms with Crippen molar-refractivity contribution in [1.82, 2.24) is 15.3 Å². The fourth-order valence-corrected chi connectivity index (χ4v) is 3.90. The molecule has 154 valence electrons. The fraction of sp³-hybridized carbons (Fsp3) is 0.304. The number of nitrogens with zero attached hydrogens (tertiary/aromatic N) is 2. The van der Waals surface area contributed by atoms with Gasteiger partial charge in [-0.3, -0.25) is 9.78 Å². The van der Waals surface area contributed by atoms with Gasteiger partial charge in [-0.15, -0.1) is 0 Å². The number of rotatable bonds is 5. The number of carbonyl (C=O) groups excluding carboxylic acids is 2. The average molecular weight is 424 g/mol. The normalized spacial score (nSPS) is 15.5. The Kier molecular flexibility index (Phi) is 6.23. The highest BCUT2D eigenvalue weighted by atomic mass is 35.5. The molecule has 0 radical (unpaired) electrons. The topological polar surface area (TPSA) is 81.2 Å². The highest BCUT2D eigenvalue weighted by Gasteiger charge is 2.30. The van der Waals surface area contributed by atoms with E-state index in [2.05, 4.69) is 15.3 Å². The number of nitrogens with one attached hydrogen (secondary N) is 1. The Balaban J connectivity index is 1.65. The Bertz CT molecular complexity index is 1040. The van der Waals surface area contributed by atoms with Gasteiger partial charge in [0.25, 0.3) is 5.91 Å². The Morgan fingerprint density at radius 3 is 2.60 bits per heavy atom. The lowest BCUT2D eigenvalue weighted by Gasteiger charge is -2.26. The first kappa shape index (κ1) is 20.3. The van der Waals surface area contributed by atoms with Crippen molar-refractivity contribution in [3.63, 3.8) is 0 Å². The standard InChI is InChI=1S/C23H22ClN3O3/c24-19-12-11-16(14-26-19)23(29)30-21(22(28)27-17-8-2-1-3-9-17)18-10-4-6-15-7-5-13-25-20(15)18/h4-7,10-14,17,21H,1-3,8-9H2,(H,27,28). The molecular weight excluding hydrogens is 402 g/mol. The highest BCUT2D eigenvalue weighted by Crippen LogP contribution is 2.27. The number of halogens is 1. The van der Waals surface area contributed by atoms with E-state index in [0.29, 0.717) is 11.1 Å². The van der Waals surface area contributed by atoms with Crippen LogP contribution in [0.2, 0.25) is 5.15 Å². The molecule has 3 aromatic rings. The van der Waals surface area contributed by atoms with Crippen LogP contribution in [0.5, 0.6) is 0 Å². The van der Waals surface area contributed by atoms with Gasteiger partial charge in [-0.1, -0.05) is 55.1 Å². The Labute approximate surface area is 179 Å². The summed E-state index contributed by atoms with van der Waals surface area (Å²) in [5.41, 5.74) is 1.41. The predicted octanol–water partition coefficient (Wildman–Crippen LogP) is 4.63. The predicted molar refractivity (Wildman–Crippen MR) is 114 cm³/mol. The van der Waals surface area contributed by atoms with E-state index in [1.165, 1.54) is 24.8 Å². The summed E-state index contributed by atoms with van der Waals surface area (Å²) in [4.78, 5) is 34.3. The van der Waals surface area contributed by atoms with Crippen molar-refractivity contribution in [2.75, 3.05) is 0 Å². The molecule has 30 heavy (non-hydrogen) atoms. The molecule has 1 saturated carbocycles. The van der Waals surface area contributed by atoms with Crippen molar-refractivity contribution in [2.24, 2.45) is 0 Å². The van der Waals surface area contributed by atoms with Gasteiger partial charge in [0.1, 0.15) is 5.15 Å². The van der Waals surface area contributed by atoms with Gasteiger partial charge < -0.3 is 10.1 Å². The zero-order chi connectivity index (χ0) is 20.9. The molecule has 0 aliphatic heterocycles. The number of amides is 1. The number of carbonyl (C=O) groups is 2. The summed E-state index contributed by atoms with van der Waals surface area (Å²) in [6.45, 7) is 0. The molecule has 1 aliphatic carbocycles. The summed E-state index contributed by atoms with van der Waals surface area (Å²) < 4.78 is 5.70. The Morgan fingerprint density at radius 1 is 1.03 bits per heavy atom. The van der Waals surface area contributed by atoms with Crippen molar-refractivity contribution in [3.05, 3.63) is 71.1 Å². The van der Waals surface area contributed by atoms with E-state index in [1.807, 2.05) is 24.3 Å². The SMILES string of the molecule is O=C(OC(C(=O)NC1CCCCC1)c1cccc2cccnc12)c1ccc(Cl)nc1. The van der Waals surface area contributed by atoms with Gasteiger partial charge in [-0.25, -0.2) is 9.78 Å². The van der Waals surface area contributed by atoms with Crippen molar-refractivity contribution in [2.45, 2.75) is 44.2 Å². The van der Waals surface area contributed by atoms with Gasteiger partial charge in [0.05, 0.1) is 11.1 Å². The van der Waals surface area contributed by atoms with E-state index < -0.39 is 12.1 Å². The lowest BCUT2D eigenvalue weighted by Crippen LogP contribution is -2.40. The van der Waals surface area contributed by atoms with Crippen LogP contribution in [-0.4, -0.2) is 27.9 Å². The molecule has 0 saturated heterocycles. The summed E-state index contributed by atoms with van der Waals surface area (Å²) >= 11 is 5.81. The molecule has 1 fully saturated rings. The van der Waals surface area contributed by atoms with Crippen LogP contribution in [-0.2, 0) is 9.53 Å². The first-order valence-electron chi connectivity index (χ1n) is 10.1. The van der Waals surface area contributed by atoms with Crippen LogP contribution in [0.15, 0.2) is 54.9 Å². The van der Waals surface area contributed by atoms with Crippen LogP contribution in [0, 0.1) is 0 Å². The number of esters is 1. The zero-order valence-corrected chi connectivity index (χ0v) is 17.1. The van der Waals surface area contributed by atoms with Crippen molar-refractivity contribution < 1.29 is 14.3 Å². The van der Waals surface area contributed by atoms with Crippen molar-refractivity contribution in [1.29, 1.82) is 0 Å². The molecule has 2 aromatic heterocycles. The molecule has 1 amide bonds. The fourth-order valence-electron chi connectivity index (χ4n) is 3.79. The second-order valence-corrected chi connectivity index (χ2v) is 7.81. The van der Waals surface area contributed by atoms with Gasteiger partial charge >= 0.3 is 5.97 Å². The maximum absolute atomic E-state index is 13.2. The molecule has 1 atom stereocenters. The molecule has 6 nitrogen and oxygen atoms in total. The quantitative estimate of drug-likeness (QED) is 0.478. The minimum Gasteiger partial charge on any atom is -0.444 e. The number of hydrogen-bond donors (Lipinski definition) is 1. The molecule has 1 aromatic carbocycles. The first-order chi connectivity index (χ1) is 14.6. The largest absolute Gasteiger partial charge is 0.444 e. The van der Waals surface area contributed by atoms with Gasteiger partial charge in [0.2, 0.25) is 6.10 Å². The number of benzene rings is 1. The third-order valence-electron chi connectivity index (χ3n) is 5.32. The Morgan fingerprint density at radius 2 is 1.83 bits per heavy atom. The van der Waals surface area contributed by atoms with E-state index >= 15 is 0 Å². The first-order valence-corrected chi connectivity index (χ1v) is 10.5. The summed E-state index contributed by atoms with van der Waals surface area (Å²) in [7, 11) is 0. The highest BCUT2D eigenvalue weighted by molar-refractivity contribution is 6.29. The lowest BCUT2D eigenvalue weighted by molar-refractivity contribution is -0.131. The number of para-hydroxylation sites is 1. The molecule has 1 N–H and O–H groups in total. The molecule has 0 bridgehead atoms. The summed E-state index contributed by atoms with van der Waals surface area (Å²) in [6, 6.07) is 12.4. The van der Waals surface area contributed by atoms with Crippen LogP contribution < -0.4 is 5.32 Å². The van der Waals surface area contributed by atoms with E-state index in [-0.39, 0.29) is 22.7 Å². The van der Waals surface area contributed by atoms with Crippen LogP contribution in [0.3, 0.4) is 0 Å². The number of aromatic nitrogens is 2. The summed E-state index contributed by atoms with van der Waals surface area (Å²) in [5.74, 6) is -0.980. The second kappa shape index (κ2) is 9.22. The second-order valence-electron chi connectivity index (χ2n) is 7.42. The van der Waals surface area contributed by atoms with E-state index in [9.17, 15) is 9.59 Å². The lowest BCUT2D eigenvalue weighted by atomic mass is 9.95. The van der Waals surface area contributed by atoms with Crippen molar-refractivity contribution in [3.8, 4) is 0 Å². The minimum atomic E-state index is -1.12. The number of pyridine rings is 2. The van der Waals surface area contributed by atoms with Gasteiger partial charge in [-0.2, -0.15) is 0 Å². The number of fused-ring (bicyclic) bond motifs is 1. The molecule has 4 rings (SSSR count). The van der Waals surface area contributed by atoms with Gasteiger partial charge in [0.15, 0.2) is 0 Å². The van der Waals surface area contributed by atoms with Gasteiger partial charge in [0, 0.05) is 29.4 Å². The molecule has 1 unspecified atom stereocenters. The van der Waals surface area contributed by atoms with Crippen LogP contribution >= 0.6 is 11.6 Å². The average Bonchev–Trinajstić information content (AvgIpc) is 2.78. The minimum absolute atomic E-state index is 0.0904.